The fourth-order valence-electron chi connectivity index (χ4n) is 2.97. The Labute approximate surface area is 212 Å². The molecule has 13 heteroatoms. The highest BCUT2D eigenvalue weighted by molar-refractivity contribution is 7.99. The minimum absolute atomic E-state index is 0.0835. The molecule has 1 atom stereocenters. The highest BCUT2D eigenvalue weighted by Gasteiger charge is 2.24. The SMILES string of the molecule is CCCSCC(=O)[C@H](CC(=O)O)NC(=O)c1ccc(CNS(=O)(=O)c2ccc(O)c(C(=O)O)c2)cc1. The number of hydrogen-bond donors (Lipinski definition) is 5. The van der Waals surface area contributed by atoms with Gasteiger partial charge in [0, 0.05) is 12.1 Å². The van der Waals surface area contributed by atoms with Crippen LogP contribution in [0.2, 0.25) is 0 Å². The number of amides is 1. The molecule has 0 saturated carbocycles. The summed E-state index contributed by atoms with van der Waals surface area (Å²) in [4.78, 5) is 46.8. The molecular weight excluding hydrogens is 512 g/mol. The number of aliphatic carboxylic acids is 1. The molecule has 0 heterocycles. The third kappa shape index (κ3) is 8.36. The van der Waals surface area contributed by atoms with Crippen molar-refractivity contribution in [2.45, 2.75) is 37.2 Å². The highest BCUT2D eigenvalue weighted by atomic mass is 32.2. The maximum absolute atomic E-state index is 12.6. The van der Waals surface area contributed by atoms with E-state index in [1.807, 2.05) is 6.92 Å². The van der Waals surface area contributed by atoms with E-state index in [4.69, 9.17) is 10.2 Å². The number of sulfonamides is 1. The van der Waals surface area contributed by atoms with Crippen molar-refractivity contribution in [3.8, 4) is 5.75 Å². The summed E-state index contributed by atoms with van der Waals surface area (Å²) in [6.07, 6.45) is 0.312. The first-order valence-corrected chi connectivity index (χ1v) is 13.4. The van der Waals surface area contributed by atoms with Gasteiger partial charge in [-0.25, -0.2) is 17.9 Å². The van der Waals surface area contributed by atoms with Crippen LogP contribution >= 0.6 is 11.8 Å². The molecule has 2 aromatic carbocycles. The minimum Gasteiger partial charge on any atom is -0.507 e. The number of carboxylic acid groups (broad SMARTS) is 2. The van der Waals surface area contributed by atoms with E-state index >= 15 is 0 Å². The number of benzene rings is 2. The Bertz CT molecular complexity index is 1230. The second-order valence-corrected chi connectivity index (χ2v) is 10.5. The molecule has 11 nitrogen and oxygen atoms in total. The van der Waals surface area contributed by atoms with E-state index in [0.29, 0.717) is 5.56 Å². The van der Waals surface area contributed by atoms with Gasteiger partial charge in [-0.15, -0.1) is 0 Å². The van der Waals surface area contributed by atoms with Gasteiger partial charge in [0.05, 0.1) is 23.1 Å². The van der Waals surface area contributed by atoms with Crippen LogP contribution in [0.4, 0.5) is 0 Å². The average Bonchev–Trinajstić information content (AvgIpc) is 2.82. The summed E-state index contributed by atoms with van der Waals surface area (Å²) in [5.41, 5.74) is 0.0639. The monoisotopic (exact) mass is 538 g/mol. The van der Waals surface area contributed by atoms with Crippen molar-refractivity contribution in [3.63, 3.8) is 0 Å². The Balaban J connectivity index is 2.05. The largest absolute Gasteiger partial charge is 0.507 e. The lowest BCUT2D eigenvalue weighted by atomic mass is 10.1. The molecule has 0 aliphatic heterocycles. The van der Waals surface area contributed by atoms with Crippen LogP contribution in [0.5, 0.6) is 5.75 Å². The van der Waals surface area contributed by atoms with Crippen molar-refractivity contribution in [2.24, 2.45) is 0 Å². The molecule has 0 fully saturated rings. The van der Waals surface area contributed by atoms with Crippen LogP contribution in [-0.4, -0.2) is 64.9 Å². The number of hydrogen-bond acceptors (Lipinski definition) is 8. The predicted molar refractivity (Wildman–Crippen MR) is 132 cm³/mol. The molecule has 0 aliphatic carbocycles. The molecule has 0 spiro atoms. The van der Waals surface area contributed by atoms with Crippen molar-refractivity contribution in [2.75, 3.05) is 11.5 Å². The van der Waals surface area contributed by atoms with E-state index < -0.39 is 57.4 Å². The molecule has 5 N–H and O–H groups in total. The molecule has 194 valence electrons. The summed E-state index contributed by atoms with van der Waals surface area (Å²) in [6.45, 7) is 1.77. The Morgan fingerprint density at radius 1 is 1.03 bits per heavy atom. The van der Waals surface area contributed by atoms with Crippen molar-refractivity contribution in [1.82, 2.24) is 10.0 Å². The lowest BCUT2D eigenvalue weighted by Crippen LogP contribution is -2.43. The standard InChI is InChI=1S/C23H26N2O9S2/c1-2-9-35-13-20(27)18(11-21(28)29)25-22(30)15-5-3-14(4-6-15)12-24-36(33,34)16-7-8-19(26)17(10-16)23(31)32/h3-8,10,18,24,26H,2,9,11-13H2,1H3,(H,25,30)(H,28,29)(H,31,32)/t18-/m0/s1. The molecule has 2 aromatic rings. The van der Waals surface area contributed by atoms with Crippen LogP contribution in [0.15, 0.2) is 47.4 Å². The van der Waals surface area contributed by atoms with Gasteiger partial charge in [0.15, 0.2) is 5.78 Å². The van der Waals surface area contributed by atoms with Gasteiger partial charge in [-0.1, -0.05) is 19.1 Å². The molecule has 0 radical (unpaired) electrons. The maximum atomic E-state index is 12.6. The Morgan fingerprint density at radius 2 is 1.69 bits per heavy atom. The molecule has 0 unspecified atom stereocenters. The van der Waals surface area contributed by atoms with Crippen molar-refractivity contribution in [1.29, 1.82) is 0 Å². The Kier molecular flexibility index (Phi) is 10.4. The summed E-state index contributed by atoms with van der Waals surface area (Å²) >= 11 is 1.36. The number of carbonyl (C=O) groups is 4. The van der Waals surface area contributed by atoms with E-state index in [2.05, 4.69) is 10.0 Å². The van der Waals surface area contributed by atoms with Gasteiger partial charge >= 0.3 is 11.9 Å². The van der Waals surface area contributed by atoms with Crippen molar-refractivity contribution >= 4 is 45.4 Å². The number of carbonyl (C=O) groups excluding carboxylic acids is 2. The summed E-state index contributed by atoms with van der Waals surface area (Å²) in [5.74, 6) is -3.49. The second-order valence-electron chi connectivity index (χ2n) is 7.65. The topological polar surface area (TPSA) is 187 Å². The number of phenols is 1. The predicted octanol–water partition coefficient (Wildman–Crippen LogP) is 1.85. The molecule has 0 bridgehead atoms. The van der Waals surface area contributed by atoms with Crippen molar-refractivity contribution in [3.05, 3.63) is 59.2 Å². The van der Waals surface area contributed by atoms with E-state index in [-0.39, 0.29) is 22.8 Å². The van der Waals surface area contributed by atoms with Crippen molar-refractivity contribution < 1.29 is 42.9 Å². The fraction of sp³-hybridized carbons (Fsp3) is 0.304. The van der Waals surface area contributed by atoms with Crippen LogP contribution in [0.1, 0.15) is 46.0 Å². The third-order valence-electron chi connectivity index (χ3n) is 4.86. The van der Waals surface area contributed by atoms with E-state index in [1.165, 1.54) is 36.0 Å². The normalized spacial score (nSPS) is 12.0. The van der Waals surface area contributed by atoms with E-state index in [1.54, 1.807) is 0 Å². The number of Topliss-reactive ketones (excluding diaryl/α,β-unsaturated/α-hetero) is 1. The summed E-state index contributed by atoms with van der Waals surface area (Å²) in [7, 11) is -4.10. The molecule has 0 aliphatic rings. The summed E-state index contributed by atoms with van der Waals surface area (Å²) in [5, 5.41) is 30.1. The third-order valence-corrected chi connectivity index (χ3v) is 7.44. The molecule has 2 rings (SSSR count). The quantitative estimate of drug-likeness (QED) is 0.222. The molecule has 0 saturated heterocycles. The van der Waals surface area contributed by atoms with Gasteiger partial charge in [-0.3, -0.25) is 14.4 Å². The average molecular weight is 539 g/mol. The lowest BCUT2D eigenvalue weighted by molar-refractivity contribution is -0.139. The number of aromatic carboxylic acids is 1. The van der Waals surface area contributed by atoms with Gasteiger partial charge in [-0.05, 0) is 48.1 Å². The Hall–Kier alpha value is -3.42. The van der Waals surface area contributed by atoms with Crippen LogP contribution in [0.3, 0.4) is 0 Å². The highest BCUT2D eigenvalue weighted by Crippen LogP contribution is 2.21. The number of thioether (sulfide) groups is 1. The zero-order valence-corrected chi connectivity index (χ0v) is 20.9. The summed E-state index contributed by atoms with van der Waals surface area (Å²) < 4.78 is 27.3. The first-order valence-electron chi connectivity index (χ1n) is 10.7. The van der Waals surface area contributed by atoms with E-state index in [0.717, 1.165) is 30.4 Å². The number of ketones is 1. The number of carboxylic acids is 2. The molecule has 36 heavy (non-hydrogen) atoms. The number of aromatic hydroxyl groups is 1. The fourth-order valence-corrected chi connectivity index (χ4v) is 4.85. The molecule has 1 amide bonds. The molecular formula is C23H26N2O9S2. The van der Waals surface area contributed by atoms with Crippen LogP contribution < -0.4 is 10.0 Å². The van der Waals surface area contributed by atoms with Crippen LogP contribution in [0.25, 0.3) is 0 Å². The lowest BCUT2D eigenvalue weighted by Gasteiger charge is -2.16. The van der Waals surface area contributed by atoms with Gasteiger partial charge in [0.2, 0.25) is 10.0 Å². The van der Waals surface area contributed by atoms with Gasteiger partial charge in [0.25, 0.3) is 5.91 Å². The first-order chi connectivity index (χ1) is 16.9. The first kappa shape index (κ1) is 28.8. The molecule has 0 aromatic heterocycles. The number of nitrogens with one attached hydrogen (secondary N) is 2. The zero-order valence-electron chi connectivity index (χ0n) is 19.3. The maximum Gasteiger partial charge on any atom is 0.339 e. The van der Waals surface area contributed by atoms with Gasteiger partial charge < -0.3 is 20.6 Å². The van der Waals surface area contributed by atoms with E-state index in [9.17, 15) is 32.7 Å². The van der Waals surface area contributed by atoms with Gasteiger partial charge in [-0.2, -0.15) is 11.8 Å². The second kappa shape index (κ2) is 13.0. The minimum atomic E-state index is -4.10. The van der Waals surface area contributed by atoms with Gasteiger partial charge in [0.1, 0.15) is 11.3 Å². The van der Waals surface area contributed by atoms with Crippen LogP contribution in [0, 0.1) is 0 Å². The number of rotatable bonds is 14. The summed E-state index contributed by atoms with van der Waals surface area (Å²) in [6, 6.07) is 7.44. The smallest absolute Gasteiger partial charge is 0.339 e. The van der Waals surface area contributed by atoms with Crippen LogP contribution in [-0.2, 0) is 26.2 Å². The zero-order chi connectivity index (χ0) is 26.9. The Morgan fingerprint density at radius 3 is 2.28 bits per heavy atom.